The molecule has 204 valence electrons. The first-order valence-corrected chi connectivity index (χ1v) is 16.3. The number of hydrogen-bond donors (Lipinski definition) is 1. The molecule has 0 saturated carbocycles. The molecule has 0 aliphatic heterocycles. The van der Waals surface area contributed by atoms with Crippen molar-refractivity contribution in [3.63, 3.8) is 0 Å². The molecule has 0 radical (unpaired) electrons. The lowest BCUT2D eigenvalue weighted by Crippen LogP contribution is -2.41. The van der Waals surface area contributed by atoms with Crippen LogP contribution in [0.5, 0.6) is 0 Å². The Morgan fingerprint density at radius 3 is 1.60 bits per heavy atom. The van der Waals surface area contributed by atoms with E-state index in [4.69, 9.17) is 0 Å². The molecule has 0 bridgehead atoms. The Labute approximate surface area is 218 Å². The maximum atomic E-state index is 12.3. The van der Waals surface area contributed by atoms with Crippen molar-refractivity contribution in [3.05, 3.63) is 35.9 Å². The van der Waals surface area contributed by atoms with Crippen molar-refractivity contribution in [2.75, 3.05) is 32.9 Å². The minimum absolute atomic E-state index is 0.272. The third kappa shape index (κ3) is 19.9. The summed E-state index contributed by atoms with van der Waals surface area (Å²) >= 11 is 0. The zero-order valence-corrected chi connectivity index (χ0v) is 24.2. The lowest BCUT2D eigenvalue weighted by Gasteiger charge is -2.30. The van der Waals surface area contributed by atoms with E-state index < -0.39 is 10.0 Å². The molecular formula is C30H57N2O2S+. The predicted octanol–water partition coefficient (Wildman–Crippen LogP) is 7.83. The summed E-state index contributed by atoms with van der Waals surface area (Å²) in [7, 11) is 1.28. The zero-order chi connectivity index (χ0) is 25.7. The molecule has 0 spiro atoms. The Kier molecular flexibility index (Phi) is 18.5. The van der Waals surface area contributed by atoms with E-state index in [-0.39, 0.29) is 5.75 Å². The van der Waals surface area contributed by atoms with Gasteiger partial charge in [-0.25, -0.2) is 13.1 Å². The van der Waals surface area contributed by atoms with Crippen LogP contribution >= 0.6 is 0 Å². The van der Waals surface area contributed by atoms with Crippen LogP contribution in [0.25, 0.3) is 0 Å². The van der Waals surface area contributed by atoms with Crippen LogP contribution in [0, 0.1) is 0 Å². The third-order valence-corrected chi connectivity index (χ3v) is 8.45. The fraction of sp³-hybridized carbons (Fsp3) is 0.800. The van der Waals surface area contributed by atoms with E-state index in [1.54, 1.807) is 0 Å². The highest BCUT2D eigenvalue weighted by molar-refractivity contribution is 7.89. The van der Waals surface area contributed by atoms with Gasteiger partial charge in [0.05, 0.1) is 26.4 Å². The van der Waals surface area contributed by atoms with Crippen LogP contribution in [0.2, 0.25) is 0 Å². The predicted molar refractivity (Wildman–Crippen MR) is 153 cm³/mol. The minimum Gasteiger partial charge on any atom is -0.325 e. The van der Waals surface area contributed by atoms with Crippen LogP contribution in [-0.4, -0.2) is 45.8 Å². The number of rotatable bonds is 24. The van der Waals surface area contributed by atoms with E-state index in [1.165, 1.54) is 95.5 Å². The van der Waals surface area contributed by atoms with E-state index in [1.807, 2.05) is 6.07 Å². The molecule has 5 heteroatoms. The molecule has 0 atom stereocenters. The molecule has 1 aromatic carbocycles. The summed E-state index contributed by atoms with van der Waals surface area (Å²) in [6, 6.07) is 10.5. The number of quaternary nitrogens is 1. The van der Waals surface area contributed by atoms with Gasteiger partial charge in [-0.2, -0.15) is 0 Å². The molecule has 0 saturated heterocycles. The van der Waals surface area contributed by atoms with Crippen LogP contribution in [0.15, 0.2) is 30.3 Å². The lowest BCUT2D eigenvalue weighted by atomic mass is 10.0. The highest BCUT2D eigenvalue weighted by Gasteiger charge is 2.16. The quantitative estimate of drug-likeness (QED) is 0.114. The molecule has 0 aromatic heterocycles. The Morgan fingerprint density at radius 2 is 1.11 bits per heavy atom. The topological polar surface area (TPSA) is 46.2 Å². The number of benzene rings is 1. The summed E-state index contributed by atoms with van der Waals surface area (Å²) in [5.74, 6) is 0.272. The van der Waals surface area contributed by atoms with Crippen LogP contribution in [0.4, 0.5) is 0 Å². The number of hydrogen-bond acceptors (Lipinski definition) is 2. The second kappa shape index (κ2) is 20.2. The van der Waals surface area contributed by atoms with Gasteiger partial charge >= 0.3 is 0 Å². The van der Waals surface area contributed by atoms with Gasteiger partial charge in [0, 0.05) is 18.5 Å². The molecule has 0 heterocycles. The summed E-state index contributed by atoms with van der Waals surface area (Å²) in [6.07, 6.45) is 21.8. The highest BCUT2D eigenvalue weighted by atomic mass is 32.2. The van der Waals surface area contributed by atoms with Crippen molar-refractivity contribution < 1.29 is 12.9 Å². The fourth-order valence-corrected chi connectivity index (χ4v) is 5.99. The summed E-state index contributed by atoms with van der Waals surface area (Å²) in [5, 5.41) is 0. The molecule has 4 nitrogen and oxygen atoms in total. The summed E-state index contributed by atoms with van der Waals surface area (Å²) < 4.78 is 28.2. The van der Waals surface area contributed by atoms with Gasteiger partial charge in [0.1, 0.15) is 6.54 Å². The van der Waals surface area contributed by atoms with Crippen LogP contribution in [-0.2, 0) is 16.6 Å². The maximum Gasteiger partial charge on any atom is 0.211 e. The van der Waals surface area contributed by atoms with Crippen molar-refractivity contribution in [3.8, 4) is 0 Å². The smallest absolute Gasteiger partial charge is 0.211 e. The normalized spacial score (nSPS) is 12.3. The van der Waals surface area contributed by atoms with Crippen LogP contribution < -0.4 is 4.72 Å². The van der Waals surface area contributed by atoms with Gasteiger partial charge in [-0.05, 0) is 6.42 Å². The molecule has 1 rings (SSSR count). The van der Waals surface area contributed by atoms with Crippen molar-refractivity contribution in [2.45, 2.75) is 123 Å². The largest absolute Gasteiger partial charge is 0.325 e. The molecule has 0 unspecified atom stereocenters. The molecule has 1 aromatic rings. The van der Waals surface area contributed by atoms with Crippen molar-refractivity contribution in [2.24, 2.45) is 0 Å². The summed E-state index contributed by atoms with van der Waals surface area (Å²) in [4.78, 5) is 0. The number of sulfonamides is 1. The maximum absolute atomic E-state index is 12.3. The van der Waals surface area contributed by atoms with Gasteiger partial charge in [-0.1, -0.05) is 134 Å². The van der Waals surface area contributed by atoms with E-state index in [0.717, 1.165) is 36.8 Å². The first kappa shape index (κ1) is 32.1. The van der Waals surface area contributed by atoms with Gasteiger partial charge in [0.2, 0.25) is 10.0 Å². The van der Waals surface area contributed by atoms with Gasteiger partial charge < -0.3 is 4.48 Å². The van der Waals surface area contributed by atoms with Crippen molar-refractivity contribution in [1.82, 2.24) is 4.72 Å². The van der Waals surface area contributed by atoms with Crippen molar-refractivity contribution in [1.29, 1.82) is 0 Å². The van der Waals surface area contributed by atoms with E-state index in [2.05, 4.69) is 50.0 Å². The minimum atomic E-state index is -3.13. The second-order valence-electron chi connectivity index (χ2n) is 11.2. The van der Waals surface area contributed by atoms with E-state index in [9.17, 15) is 8.42 Å². The fourth-order valence-electron chi connectivity index (χ4n) is 4.80. The Morgan fingerprint density at radius 1 is 0.657 bits per heavy atom. The van der Waals surface area contributed by atoms with Gasteiger partial charge in [0.15, 0.2) is 0 Å². The van der Waals surface area contributed by atoms with Crippen molar-refractivity contribution >= 4 is 10.0 Å². The second-order valence-corrected chi connectivity index (χ2v) is 13.1. The molecule has 1 N–H and O–H groups in total. The average Bonchev–Trinajstić information content (AvgIpc) is 2.82. The first-order chi connectivity index (χ1) is 16.8. The standard InChI is InChI=1S/C30H57N2O2S/c1-4-5-6-7-8-9-10-11-12-13-14-15-16-17-18-22-28-35(33,34)31-26-23-27-32(2,3)29-30-24-20-19-21-25-30/h19-21,24-25,31H,4-18,22-23,26-29H2,1-3H3/q+1. The Hall–Kier alpha value is -0.910. The van der Waals surface area contributed by atoms with E-state index in [0.29, 0.717) is 6.54 Å². The first-order valence-electron chi connectivity index (χ1n) is 14.7. The molecule has 0 amide bonds. The summed E-state index contributed by atoms with van der Waals surface area (Å²) in [5.41, 5.74) is 1.32. The summed E-state index contributed by atoms with van der Waals surface area (Å²) in [6.45, 7) is 4.74. The molecule has 0 fully saturated rings. The zero-order valence-electron chi connectivity index (χ0n) is 23.4. The number of nitrogens with one attached hydrogen (secondary N) is 1. The van der Waals surface area contributed by atoms with E-state index >= 15 is 0 Å². The van der Waals surface area contributed by atoms with Gasteiger partial charge in [-0.3, -0.25) is 0 Å². The lowest BCUT2D eigenvalue weighted by molar-refractivity contribution is -0.903. The Balaban J connectivity index is 1.91. The number of unbranched alkanes of at least 4 members (excludes halogenated alkanes) is 15. The van der Waals surface area contributed by atoms with Gasteiger partial charge in [0.25, 0.3) is 0 Å². The van der Waals surface area contributed by atoms with Crippen LogP contribution in [0.3, 0.4) is 0 Å². The van der Waals surface area contributed by atoms with Crippen LogP contribution in [0.1, 0.15) is 122 Å². The molecule has 35 heavy (non-hydrogen) atoms. The highest BCUT2D eigenvalue weighted by Crippen LogP contribution is 2.14. The molecule has 0 aliphatic rings. The average molecular weight is 510 g/mol. The Bertz CT molecular complexity index is 704. The SMILES string of the molecule is CCCCCCCCCCCCCCCCCCS(=O)(=O)NCCC[N+](C)(C)Cc1ccccc1. The molecule has 0 aliphatic carbocycles. The molecular weight excluding hydrogens is 452 g/mol. The third-order valence-electron chi connectivity index (χ3n) is 6.98. The van der Waals surface area contributed by atoms with Gasteiger partial charge in [-0.15, -0.1) is 0 Å². The number of nitrogens with zero attached hydrogens (tertiary/aromatic N) is 1. The monoisotopic (exact) mass is 509 g/mol.